The molecular formula is C11H16N2O3S. The quantitative estimate of drug-likeness (QED) is 0.815. The molecule has 0 atom stereocenters. The minimum absolute atomic E-state index is 0.0347. The van der Waals surface area contributed by atoms with Crippen molar-refractivity contribution in [3.63, 3.8) is 0 Å². The van der Waals surface area contributed by atoms with Crippen LogP contribution >= 0.6 is 0 Å². The predicted octanol–water partition coefficient (Wildman–Crippen LogP) is 0.737. The van der Waals surface area contributed by atoms with Gasteiger partial charge in [0.2, 0.25) is 15.9 Å². The van der Waals surface area contributed by atoms with E-state index in [9.17, 15) is 13.2 Å². The predicted molar refractivity (Wildman–Crippen MR) is 67.3 cm³/mol. The summed E-state index contributed by atoms with van der Waals surface area (Å²) >= 11 is 0. The number of amides is 1. The van der Waals surface area contributed by atoms with Crippen LogP contribution in [0.1, 0.15) is 12.5 Å². The van der Waals surface area contributed by atoms with Gasteiger partial charge in [0.25, 0.3) is 0 Å². The normalized spacial score (nSPS) is 10.9. The Morgan fingerprint density at radius 1 is 1.24 bits per heavy atom. The first-order valence-electron chi connectivity index (χ1n) is 5.27. The molecule has 1 aromatic rings. The third-order valence-electron chi connectivity index (χ3n) is 2.25. The van der Waals surface area contributed by atoms with Gasteiger partial charge in [0, 0.05) is 12.7 Å². The van der Waals surface area contributed by atoms with Crippen LogP contribution in [0.5, 0.6) is 0 Å². The molecule has 2 N–H and O–H groups in total. The zero-order valence-corrected chi connectivity index (χ0v) is 10.7. The molecule has 0 spiro atoms. The van der Waals surface area contributed by atoms with Crippen molar-refractivity contribution < 1.29 is 13.2 Å². The minimum atomic E-state index is -3.24. The third kappa shape index (κ3) is 4.44. The summed E-state index contributed by atoms with van der Waals surface area (Å²) in [5.41, 5.74) is 1.34. The molecule has 94 valence electrons. The Morgan fingerprint density at radius 3 is 2.29 bits per heavy atom. The summed E-state index contributed by atoms with van der Waals surface area (Å²) < 4.78 is 25.0. The highest BCUT2D eigenvalue weighted by Crippen LogP contribution is 2.11. The van der Waals surface area contributed by atoms with Gasteiger partial charge in [-0.05, 0) is 24.6 Å². The number of anilines is 1. The molecule has 1 aromatic carbocycles. The molecule has 0 heterocycles. The van der Waals surface area contributed by atoms with Crippen molar-refractivity contribution in [1.82, 2.24) is 5.32 Å². The molecule has 1 rings (SSSR count). The molecule has 6 heteroatoms. The van der Waals surface area contributed by atoms with Gasteiger partial charge in [-0.15, -0.1) is 0 Å². The summed E-state index contributed by atoms with van der Waals surface area (Å²) in [5, 5.41) is 2.52. The molecule has 0 aliphatic carbocycles. The average Bonchev–Trinajstić information content (AvgIpc) is 2.31. The van der Waals surface area contributed by atoms with Gasteiger partial charge in [-0.2, -0.15) is 0 Å². The van der Waals surface area contributed by atoms with E-state index in [1.165, 1.54) is 0 Å². The number of nitrogens with one attached hydrogen (secondary N) is 2. The van der Waals surface area contributed by atoms with Crippen molar-refractivity contribution in [1.29, 1.82) is 0 Å². The Balaban J connectivity index is 2.72. The standard InChI is InChI=1S/C11H16N2O3S/c1-3-17(15,16)13-10-6-4-9(5-7-10)8-11(14)12-2/h4-7,13H,3,8H2,1-2H3,(H,12,14). The third-order valence-corrected chi connectivity index (χ3v) is 3.56. The largest absolute Gasteiger partial charge is 0.359 e. The Hall–Kier alpha value is -1.56. The highest BCUT2D eigenvalue weighted by molar-refractivity contribution is 7.92. The van der Waals surface area contributed by atoms with Crippen LogP contribution in [0.4, 0.5) is 5.69 Å². The fourth-order valence-electron chi connectivity index (χ4n) is 1.22. The van der Waals surface area contributed by atoms with Crippen LogP contribution < -0.4 is 10.0 Å². The Morgan fingerprint density at radius 2 is 1.82 bits per heavy atom. The molecular weight excluding hydrogens is 240 g/mol. The molecule has 0 unspecified atom stereocenters. The van der Waals surface area contributed by atoms with E-state index >= 15 is 0 Å². The van der Waals surface area contributed by atoms with Crippen molar-refractivity contribution in [3.05, 3.63) is 29.8 Å². The number of benzene rings is 1. The number of sulfonamides is 1. The van der Waals surface area contributed by atoms with Gasteiger partial charge < -0.3 is 5.32 Å². The lowest BCUT2D eigenvalue weighted by molar-refractivity contribution is -0.119. The van der Waals surface area contributed by atoms with Crippen LogP contribution in [0.15, 0.2) is 24.3 Å². The first kappa shape index (κ1) is 13.5. The summed E-state index contributed by atoms with van der Waals surface area (Å²) in [6.07, 6.45) is 0.289. The van der Waals surface area contributed by atoms with Crippen LogP contribution in [0, 0.1) is 0 Å². The van der Waals surface area contributed by atoms with Crippen molar-refractivity contribution in [2.75, 3.05) is 17.5 Å². The van der Waals surface area contributed by atoms with Crippen LogP contribution in [0.3, 0.4) is 0 Å². The number of carbonyl (C=O) groups excluding carboxylic acids is 1. The van der Waals surface area contributed by atoms with E-state index in [0.717, 1.165) is 5.56 Å². The smallest absolute Gasteiger partial charge is 0.232 e. The molecule has 0 aliphatic rings. The van der Waals surface area contributed by atoms with E-state index in [1.807, 2.05) is 0 Å². The van der Waals surface area contributed by atoms with Crippen LogP contribution in [0.2, 0.25) is 0 Å². The van der Waals surface area contributed by atoms with Crippen molar-refractivity contribution in [2.45, 2.75) is 13.3 Å². The molecule has 0 fully saturated rings. The van der Waals surface area contributed by atoms with E-state index in [1.54, 1.807) is 38.2 Å². The van der Waals surface area contributed by atoms with Crippen LogP contribution in [-0.2, 0) is 21.2 Å². The lowest BCUT2D eigenvalue weighted by Crippen LogP contribution is -2.20. The van der Waals surface area contributed by atoms with Crippen LogP contribution in [0.25, 0.3) is 0 Å². The van der Waals surface area contributed by atoms with Gasteiger partial charge in [-0.1, -0.05) is 12.1 Å². The molecule has 5 nitrogen and oxygen atoms in total. The number of hydrogen-bond acceptors (Lipinski definition) is 3. The summed E-state index contributed by atoms with van der Waals surface area (Å²) in [7, 11) is -1.67. The van der Waals surface area contributed by atoms with Gasteiger partial charge in [0.1, 0.15) is 0 Å². The van der Waals surface area contributed by atoms with E-state index in [2.05, 4.69) is 10.0 Å². The Labute approximate surface area is 101 Å². The van der Waals surface area contributed by atoms with Gasteiger partial charge in [-0.25, -0.2) is 8.42 Å². The van der Waals surface area contributed by atoms with E-state index in [-0.39, 0.29) is 18.1 Å². The maximum Gasteiger partial charge on any atom is 0.232 e. The van der Waals surface area contributed by atoms with Gasteiger partial charge in [0.05, 0.1) is 12.2 Å². The van der Waals surface area contributed by atoms with E-state index in [4.69, 9.17) is 0 Å². The molecule has 1 amide bonds. The number of rotatable bonds is 5. The molecule has 0 aliphatic heterocycles. The first-order valence-corrected chi connectivity index (χ1v) is 6.92. The lowest BCUT2D eigenvalue weighted by Gasteiger charge is -2.06. The first-order chi connectivity index (χ1) is 7.96. The Bertz CT molecular complexity index is 480. The second-order valence-corrected chi connectivity index (χ2v) is 5.56. The summed E-state index contributed by atoms with van der Waals surface area (Å²) in [5.74, 6) is -0.0422. The monoisotopic (exact) mass is 256 g/mol. The topological polar surface area (TPSA) is 75.3 Å². The summed E-state index contributed by atoms with van der Waals surface area (Å²) in [6, 6.07) is 6.74. The van der Waals surface area contributed by atoms with Crippen LogP contribution in [-0.4, -0.2) is 27.1 Å². The maximum atomic E-state index is 11.3. The van der Waals surface area contributed by atoms with Gasteiger partial charge in [-0.3, -0.25) is 9.52 Å². The van der Waals surface area contributed by atoms with Crippen molar-refractivity contribution in [2.24, 2.45) is 0 Å². The Kier molecular flexibility index (Phi) is 4.51. The number of carbonyl (C=O) groups is 1. The zero-order valence-electron chi connectivity index (χ0n) is 9.86. The van der Waals surface area contributed by atoms with E-state index < -0.39 is 10.0 Å². The molecule has 17 heavy (non-hydrogen) atoms. The highest BCUT2D eigenvalue weighted by Gasteiger charge is 2.06. The number of hydrogen-bond donors (Lipinski definition) is 2. The molecule has 0 bridgehead atoms. The second-order valence-electron chi connectivity index (χ2n) is 3.55. The summed E-state index contributed by atoms with van der Waals surface area (Å²) in [6.45, 7) is 1.57. The SMILES string of the molecule is CCS(=O)(=O)Nc1ccc(CC(=O)NC)cc1. The van der Waals surface area contributed by atoms with Crippen molar-refractivity contribution >= 4 is 21.6 Å². The summed E-state index contributed by atoms with van der Waals surface area (Å²) in [4.78, 5) is 11.1. The molecule has 0 saturated carbocycles. The number of likely N-dealkylation sites (N-methyl/N-ethyl adjacent to an activating group) is 1. The van der Waals surface area contributed by atoms with E-state index in [0.29, 0.717) is 5.69 Å². The average molecular weight is 256 g/mol. The fourth-order valence-corrected chi connectivity index (χ4v) is 1.86. The molecule has 0 saturated heterocycles. The molecule has 0 aromatic heterocycles. The fraction of sp³-hybridized carbons (Fsp3) is 0.364. The molecule has 0 radical (unpaired) electrons. The zero-order chi connectivity index (χ0) is 12.9. The van der Waals surface area contributed by atoms with Gasteiger partial charge >= 0.3 is 0 Å². The minimum Gasteiger partial charge on any atom is -0.359 e. The lowest BCUT2D eigenvalue weighted by atomic mass is 10.1. The van der Waals surface area contributed by atoms with Crippen molar-refractivity contribution in [3.8, 4) is 0 Å². The highest BCUT2D eigenvalue weighted by atomic mass is 32.2. The van der Waals surface area contributed by atoms with Gasteiger partial charge in [0.15, 0.2) is 0 Å². The second kappa shape index (κ2) is 5.67. The maximum absolute atomic E-state index is 11.3.